The van der Waals surface area contributed by atoms with Crippen LogP contribution in [0, 0.1) is 5.41 Å². The van der Waals surface area contributed by atoms with E-state index in [1.54, 1.807) is 6.20 Å². The first-order valence-corrected chi connectivity index (χ1v) is 7.68. The summed E-state index contributed by atoms with van der Waals surface area (Å²) in [6, 6.07) is 7.83. The van der Waals surface area contributed by atoms with Crippen LogP contribution in [0.1, 0.15) is 32.8 Å². The third-order valence-corrected chi connectivity index (χ3v) is 3.90. The predicted octanol–water partition coefficient (Wildman–Crippen LogP) is 3.77. The highest BCUT2D eigenvalue weighted by molar-refractivity contribution is 6.35. The third kappa shape index (κ3) is 4.40. The van der Waals surface area contributed by atoms with Crippen molar-refractivity contribution in [3.8, 4) is 0 Å². The third-order valence-electron chi connectivity index (χ3n) is 3.57. The fourth-order valence-corrected chi connectivity index (χ4v) is 2.96. The average Bonchev–Trinajstić information content (AvgIpc) is 2.40. The molecule has 1 unspecified atom stereocenters. The van der Waals surface area contributed by atoms with E-state index in [0.717, 1.165) is 41.0 Å². The fraction of sp³-hybridized carbons (Fsp3) is 0.471. The number of hydrogen-bond donors (Lipinski definition) is 2. The van der Waals surface area contributed by atoms with E-state index in [-0.39, 0.29) is 11.5 Å². The van der Waals surface area contributed by atoms with Gasteiger partial charge in [-0.05, 0) is 42.5 Å². The second kappa shape index (κ2) is 6.73. The number of nitrogens with zero attached hydrogens (tertiary/aromatic N) is 1. The standard InChI is InChI=1S/C17H23ClN2O/c1-12(21)9-17(2,3)11-19-10-13-6-7-15(18)14-5-4-8-20-16(13)14/h4-8,12,19,21H,9-11H2,1-3H3. The Morgan fingerprint density at radius 3 is 2.81 bits per heavy atom. The molecule has 0 aliphatic heterocycles. The number of benzene rings is 1. The SMILES string of the molecule is CC(O)CC(C)(C)CNCc1ccc(Cl)c2cccnc12. The largest absolute Gasteiger partial charge is 0.393 e. The topological polar surface area (TPSA) is 45.1 Å². The number of pyridine rings is 1. The first-order valence-electron chi connectivity index (χ1n) is 7.30. The Morgan fingerprint density at radius 1 is 1.33 bits per heavy atom. The maximum absolute atomic E-state index is 9.52. The van der Waals surface area contributed by atoms with Crippen LogP contribution >= 0.6 is 11.6 Å². The monoisotopic (exact) mass is 306 g/mol. The number of fused-ring (bicyclic) bond motifs is 1. The normalized spacial score (nSPS) is 13.6. The average molecular weight is 307 g/mol. The number of nitrogens with one attached hydrogen (secondary N) is 1. The van der Waals surface area contributed by atoms with Crippen LogP contribution in [0.2, 0.25) is 5.02 Å². The maximum atomic E-state index is 9.52. The van der Waals surface area contributed by atoms with Crippen LogP contribution in [-0.2, 0) is 6.54 Å². The number of halogens is 1. The van der Waals surface area contributed by atoms with Crippen molar-refractivity contribution in [2.24, 2.45) is 5.41 Å². The van der Waals surface area contributed by atoms with Crippen LogP contribution in [0.15, 0.2) is 30.5 Å². The molecule has 3 nitrogen and oxygen atoms in total. The molecule has 21 heavy (non-hydrogen) atoms. The van der Waals surface area contributed by atoms with E-state index in [1.807, 2.05) is 31.2 Å². The quantitative estimate of drug-likeness (QED) is 0.854. The summed E-state index contributed by atoms with van der Waals surface area (Å²) < 4.78 is 0. The molecule has 2 aromatic rings. The minimum atomic E-state index is -0.278. The van der Waals surface area contributed by atoms with Gasteiger partial charge >= 0.3 is 0 Å². The van der Waals surface area contributed by atoms with E-state index in [1.165, 1.54) is 0 Å². The molecule has 2 N–H and O–H groups in total. The van der Waals surface area contributed by atoms with Gasteiger partial charge in [0.1, 0.15) is 0 Å². The second-order valence-corrected chi connectivity index (χ2v) is 6.83. The number of aliphatic hydroxyl groups excluding tert-OH is 1. The molecule has 1 atom stereocenters. The van der Waals surface area contributed by atoms with Crippen LogP contribution in [0.5, 0.6) is 0 Å². The Hall–Kier alpha value is -1.16. The van der Waals surface area contributed by atoms with Crippen molar-refractivity contribution in [1.82, 2.24) is 10.3 Å². The van der Waals surface area contributed by atoms with Crippen molar-refractivity contribution >= 4 is 22.5 Å². The Kier molecular flexibility index (Phi) is 5.20. The minimum Gasteiger partial charge on any atom is -0.393 e. The maximum Gasteiger partial charge on any atom is 0.0761 e. The molecule has 1 heterocycles. The van der Waals surface area contributed by atoms with Gasteiger partial charge in [-0.15, -0.1) is 0 Å². The Labute approximate surface area is 131 Å². The van der Waals surface area contributed by atoms with Crippen molar-refractivity contribution in [2.45, 2.75) is 39.8 Å². The molecule has 0 aliphatic carbocycles. The summed E-state index contributed by atoms with van der Waals surface area (Å²) in [5.41, 5.74) is 2.15. The van der Waals surface area contributed by atoms with E-state index >= 15 is 0 Å². The fourth-order valence-electron chi connectivity index (χ4n) is 2.75. The Morgan fingerprint density at radius 2 is 2.10 bits per heavy atom. The van der Waals surface area contributed by atoms with Gasteiger partial charge in [-0.1, -0.05) is 31.5 Å². The molecule has 0 aliphatic rings. The van der Waals surface area contributed by atoms with Gasteiger partial charge in [0.25, 0.3) is 0 Å². The van der Waals surface area contributed by atoms with Gasteiger partial charge in [0, 0.05) is 29.7 Å². The van der Waals surface area contributed by atoms with E-state index < -0.39 is 0 Å². The van der Waals surface area contributed by atoms with Gasteiger partial charge in [0.15, 0.2) is 0 Å². The highest BCUT2D eigenvalue weighted by atomic mass is 35.5. The lowest BCUT2D eigenvalue weighted by molar-refractivity contribution is 0.128. The van der Waals surface area contributed by atoms with Gasteiger partial charge in [-0.3, -0.25) is 4.98 Å². The van der Waals surface area contributed by atoms with Crippen molar-refractivity contribution in [1.29, 1.82) is 0 Å². The molecule has 0 bridgehead atoms. The smallest absolute Gasteiger partial charge is 0.0761 e. The molecular weight excluding hydrogens is 284 g/mol. The number of aromatic nitrogens is 1. The van der Waals surface area contributed by atoms with Crippen LogP contribution in [0.4, 0.5) is 0 Å². The zero-order valence-electron chi connectivity index (χ0n) is 12.9. The van der Waals surface area contributed by atoms with Crippen LogP contribution in [-0.4, -0.2) is 22.7 Å². The van der Waals surface area contributed by atoms with E-state index in [2.05, 4.69) is 24.1 Å². The molecule has 0 spiro atoms. The molecule has 0 fully saturated rings. The molecule has 1 aromatic carbocycles. The summed E-state index contributed by atoms with van der Waals surface area (Å²) in [6.07, 6.45) is 2.29. The Bertz CT molecular complexity index is 611. The summed E-state index contributed by atoms with van der Waals surface area (Å²) in [5.74, 6) is 0. The molecule has 0 amide bonds. The lowest BCUT2D eigenvalue weighted by Crippen LogP contribution is -2.31. The van der Waals surface area contributed by atoms with Crippen molar-refractivity contribution in [3.63, 3.8) is 0 Å². The van der Waals surface area contributed by atoms with E-state index in [4.69, 9.17) is 11.6 Å². The lowest BCUT2D eigenvalue weighted by Gasteiger charge is -2.26. The summed E-state index contributed by atoms with van der Waals surface area (Å²) in [6.45, 7) is 7.73. The first kappa shape index (κ1) is 16.2. The Balaban J connectivity index is 2.06. The summed E-state index contributed by atoms with van der Waals surface area (Å²) in [5, 5.41) is 14.7. The molecule has 0 radical (unpaired) electrons. The molecule has 1 aromatic heterocycles. The molecule has 114 valence electrons. The summed E-state index contributed by atoms with van der Waals surface area (Å²) in [4.78, 5) is 4.44. The molecule has 0 saturated carbocycles. The lowest BCUT2D eigenvalue weighted by atomic mass is 9.87. The zero-order chi connectivity index (χ0) is 15.5. The van der Waals surface area contributed by atoms with Crippen molar-refractivity contribution in [3.05, 3.63) is 41.0 Å². The number of rotatable bonds is 6. The number of aliphatic hydroxyl groups is 1. The second-order valence-electron chi connectivity index (χ2n) is 6.43. The van der Waals surface area contributed by atoms with Crippen molar-refractivity contribution < 1.29 is 5.11 Å². The van der Waals surface area contributed by atoms with Crippen LogP contribution in [0.3, 0.4) is 0 Å². The van der Waals surface area contributed by atoms with Crippen molar-refractivity contribution in [2.75, 3.05) is 6.54 Å². The highest BCUT2D eigenvalue weighted by Crippen LogP contribution is 2.25. The molecule has 4 heteroatoms. The first-order chi connectivity index (χ1) is 9.89. The number of hydrogen-bond acceptors (Lipinski definition) is 3. The highest BCUT2D eigenvalue weighted by Gasteiger charge is 2.19. The predicted molar refractivity (Wildman–Crippen MR) is 88.5 cm³/mol. The van der Waals surface area contributed by atoms with Gasteiger partial charge in [0.2, 0.25) is 0 Å². The van der Waals surface area contributed by atoms with Gasteiger partial charge in [-0.25, -0.2) is 0 Å². The minimum absolute atomic E-state index is 0.0593. The van der Waals surface area contributed by atoms with Crippen LogP contribution < -0.4 is 5.32 Å². The van der Waals surface area contributed by atoms with E-state index in [0.29, 0.717) is 0 Å². The zero-order valence-corrected chi connectivity index (χ0v) is 13.6. The van der Waals surface area contributed by atoms with Gasteiger partial charge < -0.3 is 10.4 Å². The molecular formula is C17H23ClN2O. The van der Waals surface area contributed by atoms with Gasteiger partial charge in [-0.2, -0.15) is 0 Å². The van der Waals surface area contributed by atoms with E-state index in [9.17, 15) is 5.11 Å². The van der Waals surface area contributed by atoms with Crippen LogP contribution in [0.25, 0.3) is 10.9 Å². The summed E-state index contributed by atoms with van der Waals surface area (Å²) >= 11 is 6.20. The molecule has 0 saturated heterocycles. The summed E-state index contributed by atoms with van der Waals surface area (Å²) in [7, 11) is 0. The van der Waals surface area contributed by atoms with Gasteiger partial charge in [0.05, 0.1) is 11.6 Å². The molecule has 2 rings (SSSR count).